The van der Waals surface area contributed by atoms with E-state index in [4.69, 9.17) is 4.74 Å². The van der Waals surface area contributed by atoms with Crippen molar-refractivity contribution in [1.82, 2.24) is 15.5 Å². The number of benzene rings is 2. The zero-order valence-electron chi connectivity index (χ0n) is 15.2. The van der Waals surface area contributed by atoms with E-state index in [9.17, 15) is 9.59 Å². The summed E-state index contributed by atoms with van der Waals surface area (Å²) in [6.45, 7) is 2.58. The summed E-state index contributed by atoms with van der Waals surface area (Å²) in [5.41, 5.74) is 1.05. The lowest BCUT2D eigenvalue weighted by atomic mass is 10.1. The number of thioether (sulfide) groups is 1. The SMILES string of the molecule is COCCSc1ccc(C(C)NC(=O)c2n[nH]c3ccccc3c2=O)cc1. The van der Waals surface area contributed by atoms with Crippen molar-refractivity contribution in [3.05, 3.63) is 70.0 Å². The number of carbonyl (C=O) groups excluding carboxylic acids is 1. The van der Waals surface area contributed by atoms with Gasteiger partial charge in [0.25, 0.3) is 5.91 Å². The molecule has 0 spiro atoms. The Morgan fingerprint density at radius 1 is 1.22 bits per heavy atom. The average molecular weight is 383 g/mol. The second-order valence-electron chi connectivity index (χ2n) is 6.05. The number of methoxy groups -OCH3 is 1. The predicted molar refractivity (Wildman–Crippen MR) is 107 cm³/mol. The maximum absolute atomic E-state index is 12.5. The van der Waals surface area contributed by atoms with Gasteiger partial charge in [0.1, 0.15) is 0 Å². The van der Waals surface area contributed by atoms with Gasteiger partial charge in [-0.2, -0.15) is 5.10 Å². The van der Waals surface area contributed by atoms with Crippen molar-refractivity contribution in [2.24, 2.45) is 0 Å². The van der Waals surface area contributed by atoms with Crippen LogP contribution in [0.15, 0.2) is 58.2 Å². The zero-order valence-corrected chi connectivity index (χ0v) is 16.0. The third-order valence-corrected chi connectivity index (χ3v) is 5.15. The first-order chi connectivity index (χ1) is 13.1. The largest absolute Gasteiger partial charge is 0.384 e. The molecule has 3 rings (SSSR count). The number of carbonyl (C=O) groups is 1. The van der Waals surface area contributed by atoms with Crippen molar-refractivity contribution in [1.29, 1.82) is 0 Å². The number of nitrogens with zero attached hydrogens (tertiary/aromatic N) is 1. The first-order valence-corrected chi connectivity index (χ1v) is 9.58. The summed E-state index contributed by atoms with van der Waals surface area (Å²) in [6, 6.07) is 14.7. The van der Waals surface area contributed by atoms with Gasteiger partial charge >= 0.3 is 0 Å². The van der Waals surface area contributed by atoms with Gasteiger partial charge in [-0.25, -0.2) is 0 Å². The molecule has 0 aliphatic carbocycles. The molecule has 7 heteroatoms. The van der Waals surface area contributed by atoms with Gasteiger partial charge in [0.2, 0.25) is 5.43 Å². The van der Waals surface area contributed by atoms with Crippen LogP contribution in [0.3, 0.4) is 0 Å². The molecule has 3 aromatic rings. The Morgan fingerprint density at radius 2 is 1.96 bits per heavy atom. The first kappa shape index (κ1) is 19.1. The molecule has 0 saturated carbocycles. The van der Waals surface area contributed by atoms with E-state index < -0.39 is 5.91 Å². The highest BCUT2D eigenvalue weighted by Gasteiger charge is 2.17. The van der Waals surface area contributed by atoms with Crippen LogP contribution in [-0.4, -0.2) is 35.6 Å². The maximum atomic E-state index is 12.5. The third-order valence-electron chi connectivity index (χ3n) is 4.17. The summed E-state index contributed by atoms with van der Waals surface area (Å²) in [5, 5.41) is 9.99. The van der Waals surface area contributed by atoms with Gasteiger partial charge in [0.15, 0.2) is 5.69 Å². The Bertz CT molecular complexity index is 986. The molecule has 0 aliphatic rings. The Labute approximate surface area is 161 Å². The lowest BCUT2D eigenvalue weighted by molar-refractivity contribution is 0.0933. The van der Waals surface area contributed by atoms with Crippen LogP contribution >= 0.6 is 11.8 Å². The second kappa shape index (κ2) is 8.83. The highest BCUT2D eigenvalue weighted by atomic mass is 32.2. The Hall–Kier alpha value is -2.64. The molecular weight excluding hydrogens is 362 g/mol. The summed E-state index contributed by atoms with van der Waals surface area (Å²) in [5.74, 6) is 0.395. The molecule has 1 heterocycles. The number of amides is 1. The first-order valence-electron chi connectivity index (χ1n) is 8.60. The van der Waals surface area contributed by atoms with Gasteiger partial charge in [0, 0.05) is 23.1 Å². The Morgan fingerprint density at radius 3 is 2.70 bits per heavy atom. The van der Waals surface area contributed by atoms with Gasteiger partial charge in [-0.05, 0) is 36.8 Å². The highest BCUT2D eigenvalue weighted by molar-refractivity contribution is 7.99. The summed E-state index contributed by atoms with van der Waals surface area (Å²) < 4.78 is 5.05. The van der Waals surface area contributed by atoms with Gasteiger partial charge in [-0.1, -0.05) is 24.3 Å². The number of fused-ring (bicyclic) bond motifs is 1. The van der Waals surface area contributed by atoms with Crippen molar-refractivity contribution in [3.63, 3.8) is 0 Å². The minimum absolute atomic E-state index is 0.132. The van der Waals surface area contributed by atoms with Gasteiger partial charge < -0.3 is 10.1 Å². The molecule has 0 saturated heterocycles. The number of ether oxygens (including phenoxy) is 1. The van der Waals surface area contributed by atoms with E-state index in [1.165, 1.54) is 0 Å². The van der Waals surface area contributed by atoms with Crippen molar-refractivity contribution < 1.29 is 9.53 Å². The quantitative estimate of drug-likeness (QED) is 0.484. The predicted octanol–water partition coefficient (Wildman–Crippen LogP) is 3.15. The fourth-order valence-electron chi connectivity index (χ4n) is 2.67. The number of nitrogens with one attached hydrogen (secondary N) is 2. The molecule has 140 valence electrons. The van der Waals surface area contributed by atoms with Crippen LogP contribution in [0.5, 0.6) is 0 Å². The minimum atomic E-state index is -0.493. The van der Waals surface area contributed by atoms with E-state index in [0.717, 1.165) is 16.2 Å². The van der Waals surface area contributed by atoms with E-state index in [-0.39, 0.29) is 17.2 Å². The van der Waals surface area contributed by atoms with Gasteiger partial charge in [-0.15, -0.1) is 11.8 Å². The number of aromatic amines is 1. The van der Waals surface area contributed by atoms with Crippen LogP contribution < -0.4 is 10.7 Å². The molecular formula is C20H21N3O3S. The number of H-pyrrole nitrogens is 1. The van der Waals surface area contributed by atoms with E-state index in [2.05, 4.69) is 15.5 Å². The van der Waals surface area contributed by atoms with E-state index >= 15 is 0 Å². The molecule has 2 aromatic carbocycles. The smallest absolute Gasteiger partial charge is 0.276 e. The number of hydrogen-bond donors (Lipinski definition) is 2. The monoisotopic (exact) mass is 383 g/mol. The summed E-state index contributed by atoms with van der Waals surface area (Å²) in [6.07, 6.45) is 0. The summed E-state index contributed by atoms with van der Waals surface area (Å²) in [4.78, 5) is 26.2. The molecule has 0 fully saturated rings. The molecule has 0 radical (unpaired) electrons. The van der Waals surface area contributed by atoms with Gasteiger partial charge in [0.05, 0.1) is 18.2 Å². The fraction of sp³-hybridized carbons (Fsp3) is 0.250. The van der Waals surface area contributed by atoms with E-state index in [1.54, 1.807) is 43.1 Å². The van der Waals surface area contributed by atoms with E-state index in [0.29, 0.717) is 17.5 Å². The number of para-hydroxylation sites is 1. The fourth-order valence-corrected chi connectivity index (χ4v) is 3.49. The van der Waals surface area contributed by atoms with Crippen LogP contribution in [0.2, 0.25) is 0 Å². The molecule has 6 nitrogen and oxygen atoms in total. The second-order valence-corrected chi connectivity index (χ2v) is 7.22. The number of hydrogen-bond acceptors (Lipinski definition) is 5. The highest BCUT2D eigenvalue weighted by Crippen LogP contribution is 2.21. The summed E-state index contributed by atoms with van der Waals surface area (Å²) >= 11 is 1.71. The minimum Gasteiger partial charge on any atom is -0.384 e. The summed E-state index contributed by atoms with van der Waals surface area (Å²) in [7, 11) is 1.68. The molecule has 1 atom stereocenters. The molecule has 27 heavy (non-hydrogen) atoms. The number of rotatable bonds is 7. The average Bonchev–Trinajstić information content (AvgIpc) is 2.69. The van der Waals surface area contributed by atoms with Crippen molar-refractivity contribution >= 4 is 28.6 Å². The van der Waals surface area contributed by atoms with Crippen LogP contribution in [0.25, 0.3) is 10.9 Å². The lowest BCUT2D eigenvalue weighted by Crippen LogP contribution is -2.32. The van der Waals surface area contributed by atoms with Crippen LogP contribution in [0, 0.1) is 0 Å². The maximum Gasteiger partial charge on any atom is 0.276 e. The molecule has 2 N–H and O–H groups in total. The molecule has 1 aromatic heterocycles. The van der Waals surface area contributed by atoms with Crippen molar-refractivity contribution in [3.8, 4) is 0 Å². The van der Waals surface area contributed by atoms with Crippen molar-refractivity contribution in [2.75, 3.05) is 19.5 Å². The van der Waals surface area contributed by atoms with Crippen molar-refractivity contribution in [2.45, 2.75) is 17.9 Å². The van der Waals surface area contributed by atoms with Crippen LogP contribution in [0.4, 0.5) is 0 Å². The van der Waals surface area contributed by atoms with Crippen LogP contribution in [0.1, 0.15) is 29.0 Å². The number of aromatic nitrogens is 2. The van der Waals surface area contributed by atoms with E-state index in [1.807, 2.05) is 31.2 Å². The molecule has 0 bridgehead atoms. The van der Waals surface area contributed by atoms with Gasteiger partial charge in [-0.3, -0.25) is 14.7 Å². The molecule has 1 unspecified atom stereocenters. The Balaban J connectivity index is 1.70. The third kappa shape index (κ3) is 4.56. The zero-order chi connectivity index (χ0) is 19.2. The Kier molecular flexibility index (Phi) is 6.26. The topological polar surface area (TPSA) is 84.1 Å². The lowest BCUT2D eigenvalue weighted by Gasteiger charge is -2.14. The van der Waals surface area contributed by atoms with Crippen LogP contribution in [-0.2, 0) is 4.74 Å². The standard InChI is InChI=1S/C20H21N3O3S/c1-13(14-7-9-15(10-8-14)27-12-11-26-2)21-20(25)18-19(24)16-5-3-4-6-17(16)22-23-18/h3-10,13H,11-12H2,1-2H3,(H,21,25)(H,22,24). The molecule has 0 aliphatic heterocycles. The normalized spacial score (nSPS) is 12.1. The molecule has 1 amide bonds.